The van der Waals surface area contributed by atoms with Crippen LogP contribution in [0, 0.1) is 23.7 Å². The van der Waals surface area contributed by atoms with Crippen LogP contribution in [0.3, 0.4) is 0 Å². The second-order valence-corrected chi connectivity index (χ2v) is 16.1. The van der Waals surface area contributed by atoms with Crippen LogP contribution in [0.1, 0.15) is 94.9 Å². The van der Waals surface area contributed by atoms with Gasteiger partial charge in [-0.1, -0.05) is 88.4 Å². The van der Waals surface area contributed by atoms with Gasteiger partial charge in [-0.25, -0.2) is 0 Å². The van der Waals surface area contributed by atoms with Crippen molar-refractivity contribution in [3.05, 3.63) is 113 Å². The summed E-state index contributed by atoms with van der Waals surface area (Å²) in [5.74, 6) is 3.36. The summed E-state index contributed by atoms with van der Waals surface area (Å²) in [6.45, 7) is 9.79. The summed E-state index contributed by atoms with van der Waals surface area (Å²) in [7, 11) is 0. The molecule has 6 aliphatic carbocycles. The highest BCUT2D eigenvalue weighted by atomic mass is 15.1. The molecule has 0 aromatic heterocycles. The average Bonchev–Trinajstić information content (AvgIpc) is 3.30. The van der Waals surface area contributed by atoms with E-state index < -0.39 is 0 Å². The molecule has 1 spiro atoms. The number of hydrogen-bond acceptors (Lipinski definition) is 1. The number of rotatable bonds is 3. The molecule has 1 heteroatoms. The first kappa shape index (κ1) is 26.1. The lowest BCUT2D eigenvalue weighted by atomic mass is 9.43. The highest BCUT2D eigenvalue weighted by Crippen LogP contribution is 2.71. The van der Waals surface area contributed by atoms with Gasteiger partial charge in [0, 0.05) is 16.8 Å². The third kappa shape index (κ3) is 3.51. The first-order chi connectivity index (χ1) is 20.8. The molecule has 0 heterocycles. The molecule has 0 amide bonds. The fourth-order valence-electron chi connectivity index (χ4n) is 11.1. The van der Waals surface area contributed by atoms with Gasteiger partial charge >= 0.3 is 0 Å². The zero-order valence-corrected chi connectivity index (χ0v) is 26.4. The highest BCUT2D eigenvalue weighted by Gasteiger charge is 2.62. The topological polar surface area (TPSA) is 3.24 Å². The van der Waals surface area contributed by atoms with E-state index in [1.165, 1.54) is 84.3 Å². The van der Waals surface area contributed by atoms with Crippen LogP contribution in [-0.2, 0) is 16.2 Å². The number of nitrogens with zero attached hydrogens (tertiary/aromatic N) is 1. The van der Waals surface area contributed by atoms with Gasteiger partial charge in [-0.05, 0) is 143 Å². The van der Waals surface area contributed by atoms with Crippen LogP contribution in [0.15, 0.2) is 91.0 Å². The van der Waals surface area contributed by atoms with Crippen LogP contribution in [0.4, 0.5) is 17.1 Å². The van der Waals surface area contributed by atoms with Gasteiger partial charge in [-0.3, -0.25) is 0 Å². The first-order valence-electron chi connectivity index (χ1n) is 17.0. The van der Waals surface area contributed by atoms with Gasteiger partial charge in [0.05, 0.1) is 5.69 Å². The van der Waals surface area contributed by atoms with E-state index in [2.05, 4.69) is 124 Å². The van der Waals surface area contributed by atoms with Crippen LogP contribution in [0.25, 0.3) is 11.1 Å². The summed E-state index contributed by atoms with van der Waals surface area (Å²) in [5, 5.41) is 0. The van der Waals surface area contributed by atoms with Gasteiger partial charge in [0.1, 0.15) is 0 Å². The third-order valence-corrected chi connectivity index (χ3v) is 12.9. The molecule has 4 aromatic carbocycles. The third-order valence-electron chi connectivity index (χ3n) is 12.9. The van der Waals surface area contributed by atoms with E-state index >= 15 is 0 Å². The molecular formula is C42H45N. The van der Waals surface area contributed by atoms with Gasteiger partial charge in [0.2, 0.25) is 0 Å². The maximum atomic E-state index is 2.63. The Morgan fingerprint density at radius 3 is 1.88 bits per heavy atom. The molecule has 4 fully saturated rings. The first-order valence-corrected chi connectivity index (χ1v) is 17.0. The zero-order valence-electron chi connectivity index (χ0n) is 26.4. The van der Waals surface area contributed by atoms with Crippen LogP contribution < -0.4 is 4.90 Å². The Bertz CT molecular complexity index is 1710. The van der Waals surface area contributed by atoms with Crippen LogP contribution in [0.2, 0.25) is 0 Å². The number of para-hydroxylation sites is 1. The van der Waals surface area contributed by atoms with Crippen molar-refractivity contribution in [1.29, 1.82) is 0 Å². The minimum Gasteiger partial charge on any atom is -0.310 e. The Balaban J connectivity index is 1.32. The average molecular weight is 564 g/mol. The van der Waals surface area contributed by atoms with Crippen molar-refractivity contribution < 1.29 is 0 Å². The molecule has 0 unspecified atom stereocenters. The molecule has 6 aliphatic rings. The molecule has 0 N–H and O–H groups in total. The minimum absolute atomic E-state index is 0.123. The lowest BCUT2D eigenvalue weighted by molar-refractivity contribution is -0.0397. The summed E-state index contributed by atoms with van der Waals surface area (Å²) in [6.07, 6.45) is 9.58. The maximum absolute atomic E-state index is 2.63. The Labute approximate surface area is 258 Å². The molecule has 4 aromatic rings. The smallest absolute Gasteiger partial charge is 0.0509 e. The molecule has 218 valence electrons. The predicted molar refractivity (Wildman–Crippen MR) is 180 cm³/mol. The van der Waals surface area contributed by atoms with E-state index in [-0.39, 0.29) is 16.2 Å². The fourth-order valence-corrected chi connectivity index (χ4v) is 11.1. The number of anilines is 3. The Morgan fingerprint density at radius 1 is 0.535 bits per heavy atom. The normalized spacial score (nSPS) is 30.1. The summed E-state index contributed by atoms with van der Waals surface area (Å²) >= 11 is 0. The molecule has 10 rings (SSSR count). The van der Waals surface area contributed by atoms with Crippen LogP contribution in [-0.4, -0.2) is 0 Å². The monoisotopic (exact) mass is 563 g/mol. The fraction of sp³-hybridized carbons (Fsp3) is 0.429. The molecule has 43 heavy (non-hydrogen) atoms. The largest absolute Gasteiger partial charge is 0.310 e. The Morgan fingerprint density at radius 2 is 1.16 bits per heavy atom. The van der Waals surface area contributed by atoms with E-state index in [1.54, 1.807) is 11.1 Å². The highest BCUT2D eigenvalue weighted by molar-refractivity contribution is 5.91. The van der Waals surface area contributed by atoms with Gasteiger partial charge in [-0.15, -0.1) is 0 Å². The Hall–Kier alpha value is -3.32. The van der Waals surface area contributed by atoms with Gasteiger partial charge in [0.25, 0.3) is 0 Å². The quantitative estimate of drug-likeness (QED) is 0.240. The molecule has 4 bridgehead atoms. The van der Waals surface area contributed by atoms with E-state index in [0.29, 0.717) is 0 Å². The summed E-state index contributed by atoms with van der Waals surface area (Å²) in [6, 6.07) is 35.4. The van der Waals surface area contributed by atoms with Crippen molar-refractivity contribution in [3.63, 3.8) is 0 Å². The van der Waals surface area contributed by atoms with Gasteiger partial charge in [-0.2, -0.15) is 0 Å². The molecule has 1 nitrogen and oxygen atoms in total. The number of hydrogen-bond donors (Lipinski definition) is 0. The lowest BCUT2D eigenvalue weighted by Crippen LogP contribution is -2.55. The number of fused-ring (bicyclic) bond motifs is 4. The molecule has 0 saturated heterocycles. The second-order valence-electron chi connectivity index (χ2n) is 16.1. The zero-order chi connectivity index (χ0) is 29.1. The molecule has 4 saturated carbocycles. The molecule has 0 atom stereocenters. The van der Waals surface area contributed by atoms with Crippen molar-refractivity contribution in [3.8, 4) is 11.1 Å². The van der Waals surface area contributed by atoms with E-state index in [0.717, 1.165) is 23.7 Å². The minimum atomic E-state index is 0.123. The van der Waals surface area contributed by atoms with E-state index in [4.69, 9.17) is 0 Å². The molecule has 0 aliphatic heterocycles. The summed E-state index contributed by atoms with van der Waals surface area (Å²) in [4.78, 5) is 2.63. The predicted octanol–water partition coefficient (Wildman–Crippen LogP) is 11.2. The SMILES string of the molecule is CC1(C)CCC(C)(C)c2cc(N(c3ccccc3)c3cccc4c3C3(c5ccccc5-4)C4CC5CC(C4)CC3C5)ccc21. The van der Waals surface area contributed by atoms with Crippen molar-refractivity contribution in [2.75, 3.05) is 4.90 Å². The van der Waals surface area contributed by atoms with E-state index in [1.807, 2.05) is 0 Å². The molecule has 0 radical (unpaired) electrons. The summed E-state index contributed by atoms with van der Waals surface area (Å²) < 4.78 is 0. The van der Waals surface area contributed by atoms with Crippen molar-refractivity contribution in [2.45, 2.75) is 88.9 Å². The maximum Gasteiger partial charge on any atom is 0.0509 e. The van der Waals surface area contributed by atoms with E-state index in [9.17, 15) is 0 Å². The van der Waals surface area contributed by atoms with Gasteiger partial charge in [0.15, 0.2) is 0 Å². The van der Waals surface area contributed by atoms with Crippen LogP contribution >= 0.6 is 0 Å². The second kappa shape index (κ2) is 8.87. The summed E-state index contributed by atoms with van der Waals surface area (Å²) in [5.41, 5.74) is 13.8. The lowest BCUT2D eigenvalue weighted by Gasteiger charge is -2.61. The van der Waals surface area contributed by atoms with Crippen LogP contribution in [0.5, 0.6) is 0 Å². The molecular weight excluding hydrogens is 518 g/mol. The standard InChI is InChI=1S/C42H45N/c1-40(2)19-20-41(3,4)37-26-32(17-18-36(37)40)43(31-11-6-5-7-12-31)38-16-10-14-34-33-13-8-9-15-35(33)42(39(34)38)29-22-27-21-28(24-29)25-30(42)23-27/h5-18,26-30H,19-25H2,1-4H3. The van der Waals surface area contributed by atoms with Crippen molar-refractivity contribution >= 4 is 17.1 Å². The van der Waals surface area contributed by atoms with Gasteiger partial charge < -0.3 is 4.90 Å². The van der Waals surface area contributed by atoms with Crippen molar-refractivity contribution in [1.82, 2.24) is 0 Å². The van der Waals surface area contributed by atoms with Crippen molar-refractivity contribution in [2.24, 2.45) is 23.7 Å². The number of benzene rings is 4. The Kier molecular flexibility index (Phi) is 5.39.